The molecule has 1 aliphatic heterocycles. The van der Waals surface area contributed by atoms with Gasteiger partial charge in [0.15, 0.2) is 11.5 Å². The molecule has 0 spiro atoms. The largest absolute Gasteiger partial charge is 0.493 e. The minimum atomic E-state index is -0.0593. The lowest BCUT2D eigenvalue weighted by atomic mass is 9.91. The highest BCUT2D eigenvalue weighted by atomic mass is 35.5. The van der Waals surface area contributed by atoms with Gasteiger partial charge in [-0.15, -0.1) is 12.4 Å². The van der Waals surface area contributed by atoms with Crippen molar-refractivity contribution in [3.8, 4) is 22.8 Å². The first-order chi connectivity index (χ1) is 15.3. The number of methoxy groups -OCH3 is 2. The van der Waals surface area contributed by atoms with Gasteiger partial charge >= 0.3 is 5.69 Å². The summed E-state index contributed by atoms with van der Waals surface area (Å²) in [4.78, 5) is 18.5. The number of hydrogen-bond donors (Lipinski definition) is 0. The van der Waals surface area contributed by atoms with Gasteiger partial charge < -0.3 is 9.47 Å². The van der Waals surface area contributed by atoms with Crippen LogP contribution in [0.4, 0.5) is 5.69 Å². The van der Waals surface area contributed by atoms with E-state index in [-0.39, 0.29) is 24.1 Å². The summed E-state index contributed by atoms with van der Waals surface area (Å²) < 4.78 is 14.6. The van der Waals surface area contributed by atoms with E-state index in [2.05, 4.69) is 39.8 Å². The molecule has 0 bridgehead atoms. The molecule has 1 aliphatic rings. The van der Waals surface area contributed by atoms with E-state index >= 15 is 0 Å². The molecule has 2 aromatic carbocycles. The smallest absolute Gasteiger partial charge is 0.330 e. The van der Waals surface area contributed by atoms with Gasteiger partial charge in [-0.2, -0.15) is 0 Å². The Labute approximate surface area is 200 Å². The molecule has 0 saturated carbocycles. The van der Waals surface area contributed by atoms with E-state index < -0.39 is 0 Å². The van der Waals surface area contributed by atoms with E-state index in [9.17, 15) is 4.79 Å². The van der Waals surface area contributed by atoms with Crippen LogP contribution in [0.2, 0.25) is 0 Å². The minimum absolute atomic E-state index is 0. The van der Waals surface area contributed by atoms with E-state index in [4.69, 9.17) is 14.5 Å². The van der Waals surface area contributed by atoms with Crippen molar-refractivity contribution in [2.24, 2.45) is 12.0 Å². The monoisotopic (exact) mass is 469 g/mol. The molecule has 1 atom stereocenters. The quantitative estimate of drug-likeness (QED) is 0.542. The number of aryl methyl sites for hydroxylation is 3. The lowest BCUT2D eigenvalue weighted by Gasteiger charge is -2.30. The van der Waals surface area contributed by atoms with Gasteiger partial charge in [0.05, 0.1) is 25.6 Å². The second-order valence-electron chi connectivity index (χ2n) is 8.59. The van der Waals surface area contributed by atoms with Crippen LogP contribution >= 0.6 is 12.4 Å². The van der Waals surface area contributed by atoms with Crippen LogP contribution < -0.4 is 20.7 Å². The Morgan fingerprint density at radius 2 is 1.61 bits per heavy atom. The molecule has 0 fully saturated rings. The molecule has 33 heavy (non-hydrogen) atoms. The van der Waals surface area contributed by atoms with Crippen LogP contribution in [0.15, 0.2) is 40.1 Å². The highest BCUT2D eigenvalue weighted by Gasteiger charge is 2.27. The van der Waals surface area contributed by atoms with Gasteiger partial charge in [-0.25, -0.2) is 9.79 Å². The molecule has 0 radical (unpaired) electrons. The first kappa shape index (κ1) is 24.6. The molecular formula is C26H32ClN3O3. The summed E-state index contributed by atoms with van der Waals surface area (Å²) in [7, 11) is 5.07. The Kier molecular flexibility index (Phi) is 7.08. The van der Waals surface area contributed by atoms with E-state index in [0.717, 1.165) is 46.5 Å². The Morgan fingerprint density at radius 1 is 1.00 bits per heavy atom. The molecule has 0 N–H and O–H groups in total. The number of rotatable bonds is 4. The summed E-state index contributed by atoms with van der Waals surface area (Å²) in [6, 6.07) is 10.3. The molecular weight excluding hydrogens is 438 g/mol. The number of hydrogen-bond acceptors (Lipinski definition) is 4. The maximum absolute atomic E-state index is 13.5. The van der Waals surface area contributed by atoms with Crippen molar-refractivity contribution in [3.63, 3.8) is 0 Å². The van der Waals surface area contributed by atoms with Gasteiger partial charge in [0, 0.05) is 24.7 Å². The standard InChI is InChI=1S/C26H31N3O3.ClH/c1-8-19-11-18-12-22(31-6)23(32-7)13-20(18)21-14-24(28(5)26(30)29(19)21)27-25-16(3)9-15(2)10-17(25)4;/h9-10,12-14,19H,8,11H2,1-7H3;1H. The number of fused-ring (bicyclic) bond motifs is 3. The molecule has 0 saturated heterocycles. The zero-order valence-electron chi connectivity index (χ0n) is 20.4. The minimum Gasteiger partial charge on any atom is -0.493 e. The maximum atomic E-state index is 13.5. The number of halogens is 1. The molecule has 0 amide bonds. The summed E-state index contributed by atoms with van der Waals surface area (Å²) in [6.45, 7) is 8.32. The maximum Gasteiger partial charge on any atom is 0.330 e. The van der Waals surface area contributed by atoms with Crippen molar-refractivity contribution in [3.05, 3.63) is 68.6 Å². The van der Waals surface area contributed by atoms with Gasteiger partial charge in [0.2, 0.25) is 0 Å². The molecule has 176 valence electrons. The Balaban J connectivity index is 0.00000306. The second kappa shape index (κ2) is 9.48. The number of nitrogens with zero attached hydrogens (tertiary/aromatic N) is 3. The van der Waals surface area contributed by atoms with E-state index in [0.29, 0.717) is 17.0 Å². The van der Waals surface area contributed by atoms with Crippen LogP contribution in [0.3, 0.4) is 0 Å². The Hall–Kier alpha value is -2.99. The zero-order valence-corrected chi connectivity index (χ0v) is 21.2. The van der Waals surface area contributed by atoms with Crippen LogP contribution in [0.25, 0.3) is 11.3 Å². The third-order valence-corrected chi connectivity index (χ3v) is 6.40. The summed E-state index contributed by atoms with van der Waals surface area (Å²) in [5, 5.41) is 0. The molecule has 1 unspecified atom stereocenters. The van der Waals surface area contributed by atoms with Crippen LogP contribution in [0, 0.1) is 20.8 Å². The normalized spacial score (nSPS) is 14.9. The zero-order chi connectivity index (χ0) is 23.2. The third kappa shape index (κ3) is 4.20. The van der Waals surface area contributed by atoms with Crippen LogP contribution in [0.5, 0.6) is 11.5 Å². The highest BCUT2D eigenvalue weighted by Crippen LogP contribution is 2.40. The van der Waals surface area contributed by atoms with E-state index in [1.165, 1.54) is 5.56 Å². The summed E-state index contributed by atoms with van der Waals surface area (Å²) in [5.74, 6) is 1.35. The van der Waals surface area contributed by atoms with Gasteiger partial charge in [-0.1, -0.05) is 24.6 Å². The van der Waals surface area contributed by atoms with Crippen molar-refractivity contribution in [2.45, 2.75) is 46.6 Å². The fraction of sp³-hybridized carbons (Fsp3) is 0.385. The first-order valence-corrected chi connectivity index (χ1v) is 11.0. The van der Waals surface area contributed by atoms with Crippen molar-refractivity contribution >= 4 is 18.1 Å². The number of ether oxygens (including phenoxy) is 2. The highest BCUT2D eigenvalue weighted by molar-refractivity contribution is 5.85. The predicted octanol–water partition coefficient (Wildman–Crippen LogP) is 4.96. The third-order valence-electron chi connectivity index (χ3n) is 6.40. The fourth-order valence-corrected chi connectivity index (χ4v) is 4.78. The second-order valence-corrected chi connectivity index (χ2v) is 8.59. The molecule has 7 heteroatoms. The van der Waals surface area contributed by atoms with Crippen molar-refractivity contribution in [2.75, 3.05) is 14.2 Å². The van der Waals surface area contributed by atoms with Crippen LogP contribution in [-0.2, 0) is 13.5 Å². The molecule has 4 rings (SSSR count). The van der Waals surface area contributed by atoms with Crippen molar-refractivity contribution in [1.82, 2.24) is 9.13 Å². The Morgan fingerprint density at radius 3 is 2.18 bits per heavy atom. The Bertz CT molecular complexity index is 1310. The predicted molar refractivity (Wildman–Crippen MR) is 134 cm³/mol. The fourth-order valence-electron chi connectivity index (χ4n) is 4.78. The van der Waals surface area contributed by atoms with Crippen molar-refractivity contribution < 1.29 is 9.47 Å². The first-order valence-electron chi connectivity index (χ1n) is 11.0. The molecule has 3 aromatic rings. The van der Waals surface area contributed by atoms with Gasteiger partial charge in [0.1, 0.15) is 5.49 Å². The number of benzene rings is 2. The van der Waals surface area contributed by atoms with Crippen molar-refractivity contribution in [1.29, 1.82) is 0 Å². The molecule has 2 heterocycles. The topological polar surface area (TPSA) is 57.8 Å². The lowest BCUT2D eigenvalue weighted by molar-refractivity contribution is 0.353. The van der Waals surface area contributed by atoms with Crippen LogP contribution in [0.1, 0.15) is 41.6 Å². The van der Waals surface area contributed by atoms with Gasteiger partial charge in [-0.05, 0) is 62.4 Å². The molecule has 0 aliphatic carbocycles. The average Bonchev–Trinajstić information content (AvgIpc) is 2.77. The SMILES string of the molecule is CCC1Cc2cc(OC)c(OC)cc2-c2cc(=Nc3c(C)cc(C)cc3C)n(C)c(=O)n21.Cl. The van der Waals surface area contributed by atoms with E-state index in [1.54, 1.807) is 25.8 Å². The van der Waals surface area contributed by atoms with Gasteiger partial charge in [-0.3, -0.25) is 9.13 Å². The summed E-state index contributed by atoms with van der Waals surface area (Å²) in [5.41, 5.74) is 7.88. The lowest BCUT2D eigenvalue weighted by Crippen LogP contribution is -2.42. The van der Waals surface area contributed by atoms with Gasteiger partial charge in [0.25, 0.3) is 0 Å². The molecule has 6 nitrogen and oxygen atoms in total. The number of aromatic nitrogens is 2. The molecule has 1 aromatic heterocycles. The summed E-state index contributed by atoms with van der Waals surface area (Å²) >= 11 is 0. The average molecular weight is 470 g/mol. The van der Waals surface area contributed by atoms with E-state index in [1.807, 2.05) is 22.8 Å². The summed E-state index contributed by atoms with van der Waals surface area (Å²) in [6.07, 6.45) is 1.62. The van der Waals surface area contributed by atoms with Crippen LogP contribution in [-0.4, -0.2) is 23.4 Å².